The third-order valence-corrected chi connectivity index (χ3v) is 3.32. The van der Waals surface area contributed by atoms with E-state index in [2.05, 4.69) is 10.3 Å². The molecule has 5 heteroatoms. The molecule has 0 unspecified atom stereocenters. The fourth-order valence-electron chi connectivity index (χ4n) is 1.86. The van der Waals surface area contributed by atoms with Crippen LogP contribution in [0.3, 0.4) is 0 Å². The summed E-state index contributed by atoms with van der Waals surface area (Å²) in [5.41, 5.74) is 2.05. The van der Waals surface area contributed by atoms with Crippen molar-refractivity contribution in [3.63, 3.8) is 0 Å². The lowest BCUT2D eigenvalue weighted by atomic mass is 10.1. The molecule has 0 saturated heterocycles. The van der Waals surface area contributed by atoms with Crippen molar-refractivity contribution in [1.29, 1.82) is 0 Å². The van der Waals surface area contributed by atoms with Crippen molar-refractivity contribution < 1.29 is 9.90 Å². The van der Waals surface area contributed by atoms with Gasteiger partial charge in [0, 0.05) is 17.3 Å². The zero-order valence-corrected chi connectivity index (χ0v) is 12.7. The maximum Gasteiger partial charge on any atom is 0.335 e. The topological polar surface area (TPSA) is 62.2 Å². The molecule has 21 heavy (non-hydrogen) atoms. The number of hydrogen-bond acceptors (Lipinski definition) is 3. The van der Waals surface area contributed by atoms with Crippen LogP contribution in [-0.2, 0) is 6.54 Å². The van der Waals surface area contributed by atoms with Crippen molar-refractivity contribution in [1.82, 2.24) is 4.98 Å². The quantitative estimate of drug-likeness (QED) is 0.870. The highest BCUT2D eigenvalue weighted by Crippen LogP contribution is 2.18. The van der Waals surface area contributed by atoms with E-state index in [0.717, 1.165) is 11.3 Å². The minimum absolute atomic E-state index is 0.167. The van der Waals surface area contributed by atoms with E-state index in [9.17, 15) is 4.79 Å². The molecule has 0 saturated carbocycles. The number of hydrogen-bond donors (Lipinski definition) is 2. The molecule has 0 aliphatic heterocycles. The van der Waals surface area contributed by atoms with Gasteiger partial charge in [0.2, 0.25) is 0 Å². The van der Waals surface area contributed by atoms with Crippen molar-refractivity contribution in [2.24, 2.45) is 0 Å². The third-order valence-electron chi connectivity index (χ3n) is 3.07. The maximum absolute atomic E-state index is 11.2. The number of nitrogens with one attached hydrogen (secondary N) is 1. The molecule has 1 aromatic heterocycles. The van der Waals surface area contributed by atoms with Crippen LogP contribution in [0.15, 0.2) is 36.4 Å². The Morgan fingerprint density at radius 2 is 1.95 bits per heavy atom. The van der Waals surface area contributed by atoms with Gasteiger partial charge >= 0.3 is 5.97 Å². The minimum atomic E-state index is -0.950. The Labute approximate surface area is 128 Å². The van der Waals surface area contributed by atoms with E-state index in [-0.39, 0.29) is 11.5 Å². The molecule has 1 aromatic carbocycles. The molecule has 4 nitrogen and oxygen atoms in total. The molecule has 0 amide bonds. The summed E-state index contributed by atoms with van der Waals surface area (Å²) >= 11 is 5.84. The van der Waals surface area contributed by atoms with Crippen molar-refractivity contribution in [2.75, 3.05) is 5.32 Å². The van der Waals surface area contributed by atoms with E-state index in [4.69, 9.17) is 16.7 Å². The highest BCUT2D eigenvalue weighted by Gasteiger charge is 2.10. The predicted molar refractivity (Wildman–Crippen MR) is 84.1 cm³/mol. The van der Waals surface area contributed by atoms with Crippen molar-refractivity contribution in [3.8, 4) is 0 Å². The van der Waals surface area contributed by atoms with E-state index in [0.29, 0.717) is 17.4 Å². The van der Waals surface area contributed by atoms with Gasteiger partial charge in [0.25, 0.3) is 0 Å². The number of benzene rings is 1. The molecule has 0 aliphatic rings. The van der Waals surface area contributed by atoms with E-state index in [1.165, 1.54) is 0 Å². The number of anilines is 1. The lowest BCUT2D eigenvalue weighted by molar-refractivity contribution is 0.0696. The van der Waals surface area contributed by atoms with Gasteiger partial charge in [-0.25, -0.2) is 9.78 Å². The largest absolute Gasteiger partial charge is 0.478 e. The average Bonchev–Trinajstić information content (AvgIpc) is 2.46. The van der Waals surface area contributed by atoms with Crippen LogP contribution in [0.25, 0.3) is 0 Å². The van der Waals surface area contributed by atoms with Crippen LogP contribution in [0.5, 0.6) is 0 Å². The summed E-state index contributed by atoms with van der Waals surface area (Å²) in [6, 6.07) is 10.6. The van der Waals surface area contributed by atoms with E-state index in [1.807, 2.05) is 38.1 Å². The molecule has 0 radical (unpaired) electrons. The molecule has 0 aliphatic carbocycles. The second-order valence-corrected chi connectivity index (χ2v) is 5.54. The van der Waals surface area contributed by atoms with Crippen LogP contribution in [0.4, 0.5) is 5.82 Å². The second kappa shape index (κ2) is 6.59. The number of nitrogens with zero attached hydrogens (tertiary/aromatic N) is 1. The van der Waals surface area contributed by atoms with Crippen molar-refractivity contribution >= 4 is 23.4 Å². The van der Waals surface area contributed by atoms with Gasteiger partial charge < -0.3 is 10.4 Å². The van der Waals surface area contributed by atoms with Crippen LogP contribution in [0.2, 0.25) is 5.02 Å². The predicted octanol–water partition coefficient (Wildman–Crippen LogP) is 4.17. The summed E-state index contributed by atoms with van der Waals surface area (Å²) < 4.78 is 0. The smallest absolute Gasteiger partial charge is 0.335 e. The Morgan fingerprint density at radius 3 is 2.52 bits per heavy atom. The molecule has 0 bridgehead atoms. The molecule has 0 atom stereocenters. The monoisotopic (exact) mass is 304 g/mol. The first-order chi connectivity index (χ1) is 9.95. The lowest BCUT2D eigenvalue weighted by Crippen LogP contribution is -2.07. The van der Waals surface area contributed by atoms with Gasteiger partial charge in [0.05, 0.1) is 5.56 Å². The standard InChI is InChI=1S/C16H17ClN2O2/c1-10(2)14-7-12(16(20)21)8-15(19-14)18-9-11-3-5-13(17)6-4-11/h3-8,10H,9H2,1-2H3,(H,18,19)(H,20,21). The summed E-state index contributed by atoms with van der Waals surface area (Å²) in [6.45, 7) is 4.53. The Kier molecular flexibility index (Phi) is 4.81. The number of carbonyl (C=O) groups is 1. The molecule has 2 rings (SSSR count). The third kappa shape index (κ3) is 4.20. The van der Waals surface area contributed by atoms with Gasteiger partial charge in [-0.15, -0.1) is 0 Å². The number of aromatic carboxylic acids is 1. The summed E-state index contributed by atoms with van der Waals surface area (Å²) in [5, 5.41) is 13.0. The van der Waals surface area contributed by atoms with Crippen LogP contribution >= 0.6 is 11.6 Å². The Hall–Kier alpha value is -2.07. The summed E-state index contributed by atoms with van der Waals surface area (Å²) in [7, 11) is 0. The normalized spacial score (nSPS) is 10.7. The highest BCUT2D eigenvalue weighted by atomic mass is 35.5. The van der Waals surface area contributed by atoms with Crippen LogP contribution in [0.1, 0.15) is 41.4 Å². The van der Waals surface area contributed by atoms with Gasteiger partial charge in [-0.2, -0.15) is 0 Å². The summed E-state index contributed by atoms with van der Waals surface area (Å²) in [4.78, 5) is 15.6. The Bertz CT molecular complexity index is 639. The van der Waals surface area contributed by atoms with E-state index >= 15 is 0 Å². The number of rotatable bonds is 5. The van der Waals surface area contributed by atoms with Crippen LogP contribution in [-0.4, -0.2) is 16.1 Å². The first-order valence-electron chi connectivity index (χ1n) is 6.69. The Morgan fingerprint density at radius 1 is 1.29 bits per heavy atom. The molecule has 110 valence electrons. The minimum Gasteiger partial charge on any atom is -0.478 e. The number of halogens is 1. The fourth-order valence-corrected chi connectivity index (χ4v) is 1.98. The number of carboxylic acids is 1. The fraction of sp³-hybridized carbons (Fsp3) is 0.250. The van der Waals surface area contributed by atoms with Gasteiger partial charge in [-0.1, -0.05) is 37.6 Å². The molecular weight excluding hydrogens is 288 g/mol. The van der Waals surface area contributed by atoms with Gasteiger partial charge in [-0.3, -0.25) is 0 Å². The summed E-state index contributed by atoms with van der Waals surface area (Å²) in [6.07, 6.45) is 0. The van der Waals surface area contributed by atoms with E-state index in [1.54, 1.807) is 12.1 Å². The SMILES string of the molecule is CC(C)c1cc(C(=O)O)cc(NCc2ccc(Cl)cc2)n1. The van der Waals surface area contributed by atoms with Crippen molar-refractivity contribution in [2.45, 2.75) is 26.3 Å². The number of aromatic nitrogens is 1. The maximum atomic E-state index is 11.2. The first kappa shape index (κ1) is 15.3. The molecular formula is C16H17ClN2O2. The zero-order chi connectivity index (χ0) is 15.4. The van der Waals surface area contributed by atoms with Crippen LogP contribution in [0, 0.1) is 0 Å². The van der Waals surface area contributed by atoms with Crippen LogP contribution < -0.4 is 5.32 Å². The van der Waals surface area contributed by atoms with Gasteiger partial charge in [-0.05, 0) is 35.7 Å². The number of pyridine rings is 1. The zero-order valence-electron chi connectivity index (χ0n) is 11.9. The number of carboxylic acid groups (broad SMARTS) is 1. The lowest BCUT2D eigenvalue weighted by Gasteiger charge is -2.11. The molecule has 2 aromatic rings. The van der Waals surface area contributed by atoms with Gasteiger partial charge in [0.1, 0.15) is 5.82 Å². The average molecular weight is 305 g/mol. The molecule has 2 N–H and O–H groups in total. The molecule has 0 spiro atoms. The van der Waals surface area contributed by atoms with Crippen molar-refractivity contribution in [3.05, 3.63) is 58.2 Å². The summed E-state index contributed by atoms with van der Waals surface area (Å²) in [5.74, 6) is -0.220. The first-order valence-corrected chi connectivity index (χ1v) is 7.07. The molecule has 1 heterocycles. The Balaban J connectivity index is 2.18. The molecule has 0 fully saturated rings. The second-order valence-electron chi connectivity index (χ2n) is 5.11. The highest BCUT2D eigenvalue weighted by molar-refractivity contribution is 6.30. The van der Waals surface area contributed by atoms with Gasteiger partial charge in [0.15, 0.2) is 0 Å². The van der Waals surface area contributed by atoms with E-state index < -0.39 is 5.97 Å².